The monoisotopic (exact) mass is 193 g/mol. The first kappa shape index (κ1) is 9.36. The van der Waals surface area contributed by atoms with Gasteiger partial charge in [0, 0.05) is 16.8 Å². The zero-order valence-corrected chi connectivity index (χ0v) is 8.27. The smallest absolute Gasteiger partial charge is 0.0393 e. The number of terminal acetylenes is 1. The minimum Gasteiger partial charge on any atom is -0.398 e. The van der Waals surface area contributed by atoms with Crippen molar-refractivity contribution in [2.24, 2.45) is 0 Å². The van der Waals surface area contributed by atoms with Crippen LogP contribution in [0.3, 0.4) is 0 Å². The second-order valence-electron chi connectivity index (χ2n) is 3.31. The lowest BCUT2D eigenvalue weighted by Gasteiger charge is -2.05. The average molecular weight is 193 g/mol. The van der Waals surface area contributed by atoms with Gasteiger partial charge in [0.1, 0.15) is 0 Å². The molecule has 0 heterocycles. The molecule has 0 amide bonds. The van der Waals surface area contributed by atoms with Crippen molar-refractivity contribution < 1.29 is 0 Å². The third-order valence-electron chi connectivity index (χ3n) is 2.32. The quantitative estimate of drug-likeness (QED) is 0.547. The van der Waals surface area contributed by atoms with Crippen LogP contribution in [0, 0.1) is 12.3 Å². The van der Waals surface area contributed by atoms with Crippen LogP contribution in [0.5, 0.6) is 0 Å². The van der Waals surface area contributed by atoms with Crippen LogP contribution in [0.1, 0.15) is 5.56 Å². The van der Waals surface area contributed by atoms with E-state index < -0.39 is 0 Å². The minimum atomic E-state index is 0.783. The highest BCUT2D eigenvalue weighted by Crippen LogP contribution is 2.25. The van der Waals surface area contributed by atoms with Gasteiger partial charge in [-0.3, -0.25) is 0 Å². The molecule has 2 aromatic carbocycles. The van der Waals surface area contributed by atoms with Gasteiger partial charge in [0.05, 0.1) is 0 Å². The summed E-state index contributed by atoms with van der Waals surface area (Å²) in [4.78, 5) is 0. The summed E-state index contributed by atoms with van der Waals surface area (Å²) in [7, 11) is 0. The lowest BCUT2D eigenvalue weighted by Crippen LogP contribution is -1.88. The molecule has 0 aliphatic rings. The second kappa shape index (κ2) is 3.89. The van der Waals surface area contributed by atoms with Gasteiger partial charge in [-0.2, -0.15) is 0 Å². The molecule has 0 aliphatic heterocycles. The molecule has 1 heteroatoms. The zero-order chi connectivity index (χ0) is 10.7. The summed E-state index contributed by atoms with van der Waals surface area (Å²) >= 11 is 0. The van der Waals surface area contributed by atoms with E-state index in [0.29, 0.717) is 0 Å². The highest BCUT2D eigenvalue weighted by molar-refractivity contribution is 5.76. The summed E-state index contributed by atoms with van der Waals surface area (Å²) in [6.45, 7) is 0. The van der Waals surface area contributed by atoms with E-state index in [4.69, 9.17) is 12.2 Å². The van der Waals surface area contributed by atoms with Crippen molar-refractivity contribution in [3.63, 3.8) is 0 Å². The minimum absolute atomic E-state index is 0.783. The molecule has 2 rings (SSSR count). The average Bonchev–Trinajstić information content (AvgIpc) is 2.30. The van der Waals surface area contributed by atoms with Crippen LogP contribution in [-0.4, -0.2) is 0 Å². The maximum absolute atomic E-state index is 5.88. The largest absolute Gasteiger partial charge is 0.398 e. The number of nitrogen functional groups attached to an aromatic ring is 1. The van der Waals surface area contributed by atoms with Crippen LogP contribution in [0.25, 0.3) is 11.1 Å². The molecule has 15 heavy (non-hydrogen) atoms. The Morgan fingerprint density at radius 3 is 2.20 bits per heavy atom. The number of benzene rings is 2. The molecule has 2 aromatic rings. The molecule has 0 saturated carbocycles. The van der Waals surface area contributed by atoms with E-state index in [1.165, 1.54) is 0 Å². The van der Waals surface area contributed by atoms with Crippen molar-refractivity contribution >= 4 is 5.69 Å². The first-order valence-electron chi connectivity index (χ1n) is 4.73. The van der Waals surface area contributed by atoms with E-state index in [9.17, 15) is 0 Å². The van der Waals surface area contributed by atoms with E-state index in [1.807, 2.05) is 48.5 Å². The van der Waals surface area contributed by atoms with Gasteiger partial charge in [-0.25, -0.2) is 0 Å². The zero-order valence-electron chi connectivity index (χ0n) is 8.27. The van der Waals surface area contributed by atoms with Crippen molar-refractivity contribution in [3.05, 3.63) is 54.1 Å². The predicted octanol–water partition coefficient (Wildman–Crippen LogP) is 2.92. The fraction of sp³-hybridized carbons (Fsp3) is 0. The lowest BCUT2D eigenvalue weighted by molar-refractivity contribution is 1.59. The molecule has 2 N–H and O–H groups in total. The standard InChI is InChI=1S/C14H11N/c1-2-11-7-9-12(10-8-11)13-5-3-4-6-14(13)15/h1,3-10H,15H2. The Bertz CT molecular complexity index is 504. The fourth-order valence-electron chi connectivity index (χ4n) is 1.51. The first-order valence-corrected chi connectivity index (χ1v) is 4.73. The van der Waals surface area contributed by atoms with Crippen molar-refractivity contribution in [3.8, 4) is 23.5 Å². The van der Waals surface area contributed by atoms with E-state index in [-0.39, 0.29) is 0 Å². The number of anilines is 1. The van der Waals surface area contributed by atoms with Crippen LogP contribution in [0.4, 0.5) is 5.69 Å². The molecular formula is C14H11N. The Morgan fingerprint density at radius 2 is 1.60 bits per heavy atom. The molecule has 72 valence electrons. The number of rotatable bonds is 1. The van der Waals surface area contributed by atoms with Crippen molar-refractivity contribution in [1.82, 2.24) is 0 Å². The van der Waals surface area contributed by atoms with Crippen molar-refractivity contribution in [1.29, 1.82) is 0 Å². The highest BCUT2D eigenvalue weighted by atomic mass is 14.6. The maximum Gasteiger partial charge on any atom is 0.0393 e. The Kier molecular flexibility index (Phi) is 2.43. The molecule has 0 atom stereocenters. The van der Waals surface area contributed by atoms with Gasteiger partial charge >= 0.3 is 0 Å². The number of para-hydroxylation sites is 1. The molecule has 0 aromatic heterocycles. The Balaban J connectivity index is 2.47. The topological polar surface area (TPSA) is 26.0 Å². The summed E-state index contributed by atoms with van der Waals surface area (Å²) in [6, 6.07) is 15.6. The summed E-state index contributed by atoms with van der Waals surface area (Å²) in [5.41, 5.74) is 9.68. The maximum atomic E-state index is 5.88. The SMILES string of the molecule is C#Cc1ccc(-c2ccccc2N)cc1. The first-order chi connectivity index (χ1) is 7.31. The van der Waals surface area contributed by atoms with Crippen LogP contribution >= 0.6 is 0 Å². The molecule has 0 unspecified atom stereocenters. The van der Waals surface area contributed by atoms with Gasteiger partial charge in [0.15, 0.2) is 0 Å². The van der Waals surface area contributed by atoms with E-state index in [1.54, 1.807) is 0 Å². The fourth-order valence-corrected chi connectivity index (χ4v) is 1.51. The molecule has 1 nitrogen and oxygen atoms in total. The summed E-state index contributed by atoms with van der Waals surface area (Å²) in [6.07, 6.45) is 5.29. The van der Waals surface area contributed by atoms with Gasteiger partial charge in [0.25, 0.3) is 0 Å². The third kappa shape index (κ3) is 1.84. The molecule has 0 spiro atoms. The predicted molar refractivity (Wildman–Crippen MR) is 64.2 cm³/mol. The van der Waals surface area contributed by atoms with E-state index in [2.05, 4.69) is 5.92 Å². The molecular weight excluding hydrogens is 182 g/mol. The van der Waals surface area contributed by atoms with Crippen molar-refractivity contribution in [2.75, 3.05) is 5.73 Å². The van der Waals surface area contributed by atoms with Crippen LogP contribution in [-0.2, 0) is 0 Å². The van der Waals surface area contributed by atoms with E-state index >= 15 is 0 Å². The van der Waals surface area contributed by atoms with E-state index in [0.717, 1.165) is 22.4 Å². The van der Waals surface area contributed by atoms with Gasteiger partial charge in [-0.05, 0) is 23.8 Å². The summed E-state index contributed by atoms with van der Waals surface area (Å²) < 4.78 is 0. The van der Waals surface area contributed by atoms with Gasteiger partial charge < -0.3 is 5.73 Å². The normalized spacial score (nSPS) is 9.53. The van der Waals surface area contributed by atoms with Crippen LogP contribution in [0.15, 0.2) is 48.5 Å². The summed E-state index contributed by atoms with van der Waals surface area (Å²) in [5.74, 6) is 2.59. The Labute approximate surface area is 89.6 Å². The summed E-state index contributed by atoms with van der Waals surface area (Å²) in [5, 5.41) is 0. The Morgan fingerprint density at radius 1 is 0.933 bits per heavy atom. The highest BCUT2D eigenvalue weighted by Gasteiger charge is 2.00. The molecule has 0 radical (unpaired) electrons. The number of nitrogens with two attached hydrogens (primary N) is 1. The second-order valence-corrected chi connectivity index (χ2v) is 3.31. The van der Waals surface area contributed by atoms with Crippen LogP contribution < -0.4 is 5.73 Å². The van der Waals surface area contributed by atoms with Gasteiger partial charge in [0.2, 0.25) is 0 Å². The van der Waals surface area contributed by atoms with Gasteiger partial charge in [-0.1, -0.05) is 36.3 Å². The molecule has 0 bridgehead atoms. The van der Waals surface area contributed by atoms with Crippen LogP contribution in [0.2, 0.25) is 0 Å². The van der Waals surface area contributed by atoms with Crippen molar-refractivity contribution in [2.45, 2.75) is 0 Å². The molecule has 0 fully saturated rings. The molecule has 0 saturated heterocycles. The lowest BCUT2D eigenvalue weighted by atomic mass is 10.0. The third-order valence-corrected chi connectivity index (χ3v) is 2.32. The van der Waals surface area contributed by atoms with Gasteiger partial charge in [-0.15, -0.1) is 6.42 Å². The number of hydrogen-bond donors (Lipinski definition) is 1. The Hall–Kier alpha value is -2.20. The number of hydrogen-bond acceptors (Lipinski definition) is 1. The molecule has 0 aliphatic carbocycles.